The maximum absolute atomic E-state index is 12.7. The fourth-order valence-corrected chi connectivity index (χ4v) is 10.0. The van der Waals surface area contributed by atoms with Crippen LogP contribution < -0.4 is 8.85 Å². The van der Waals surface area contributed by atoms with Crippen molar-refractivity contribution in [1.82, 2.24) is 0 Å². The zero-order valence-electron chi connectivity index (χ0n) is 20.9. The molecule has 0 fully saturated rings. The molecule has 3 rings (SSSR count). The molecule has 3 aromatic rings. The highest BCUT2D eigenvalue weighted by Crippen LogP contribution is 2.70. The third-order valence-corrected chi connectivity index (χ3v) is 10.7. The van der Waals surface area contributed by atoms with Gasteiger partial charge < -0.3 is 8.85 Å². The monoisotopic (exact) mass is 534 g/mol. The molecule has 5 nitrogen and oxygen atoms in total. The predicted octanol–water partition coefficient (Wildman–Crippen LogP) is 7.29. The summed E-state index contributed by atoms with van der Waals surface area (Å²) in [6, 6.07) is 24.8. The molecule has 0 atom stereocenters. The van der Waals surface area contributed by atoms with Gasteiger partial charge in [0.25, 0.3) is 10.1 Å². The van der Waals surface area contributed by atoms with Crippen LogP contribution in [0, 0.1) is 0 Å². The van der Waals surface area contributed by atoms with Gasteiger partial charge in [0, 0.05) is 14.7 Å². The van der Waals surface area contributed by atoms with Gasteiger partial charge in [0.15, 0.2) is 0 Å². The molecule has 9 heteroatoms. The highest BCUT2D eigenvalue weighted by Gasteiger charge is 2.37. The summed E-state index contributed by atoms with van der Waals surface area (Å²) in [5.41, 5.74) is 0. The van der Waals surface area contributed by atoms with Crippen LogP contribution in [0.2, 0.25) is 39.3 Å². The molecule has 3 aromatic carbocycles. The molecule has 184 valence electrons. The molecule has 0 saturated carbocycles. The topological polar surface area (TPSA) is 61.8 Å². The van der Waals surface area contributed by atoms with Crippen LogP contribution in [0.15, 0.2) is 93.5 Å². The molecule has 0 aliphatic rings. The van der Waals surface area contributed by atoms with Crippen molar-refractivity contribution in [3.63, 3.8) is 0 Å². The second kappa shape index (κ2) is 9.90. The van der Waals surface area contributed by atoms with Crippen molar-refractivity contribution in [2.24, 2.45) is 0 Å². The van der Waals surface area contributed by atoms with Gasteiger partial charge in [-0.15, -0.1) is 0 Å². The van der Waals surface area contributed by atoms with Crippen LogP contribution in [-0.2, 0) is 13.7 Å². The van der Waals surface area contributed by atoms with E-state index in [1.54, 1.807) is 0 Å². The normalized spacial score (nSPS) is 13.4. The maximum Gasteiger partial charge on any atom is 0.274 e. The lowest BCUT2D eigenvalue weighted by Crippen LogP contribution is -2.29. The smallest absolute Gasteiger partial charge is 0.274 e. The Morgan fingerprint density at radius 1 is 0.588 bits per heavy atom. The van der Waals surface area contributed by atoms with Crippen LogP contribution in [0.1, 0.15) is 0 Å². The Kier molecular flexibility index (Phi) is 7.74. The van der Waals surface area contributed by atoms with Crippen molar-refractivity contribution in [2.45, 2.75) is 54.0 Å². The van der Waals surface area contributed by atoms with E-state index in [-0.39, 0.29) is 0 Å². The summed E-state index contributed by atoms with van der Waals surface area (Å²) in [4.78, 5) is 2.26. The SMILES string of the molecule is C[Si](C)(C)Oc1cccc(S(OS(C)(=O)=O)(c2ccccc2)c2cccc(O[Si](C)(C)C)c2)c1. The molecular weight excluding hydrogens is 501 g/mol. The van der Waals surface area contributed by atoms with E-state index in [1.807, 2.05) is 78.9 Å². The van der Waals surface area contributed by atoms with E-state index < -0.39 is 37.1 Å². The summed E-state index contributed by atoms with van der Waals surface area (Å²) >= 11 is 0. The van der Waals surface area contributed by atoms with Crippen LogP contribution in [0.3, 0.4) is 0 Å². The molecule has 0 spiro atoms. The molecule has 0 N–H and O–H groups in total. The standard InChI is InChI=1S/C25H34O5S2Si2/c1-31(26,27)30-32(23-15-9-8-10-16-23,24-17-11-13-21(19-24)28-33(2,3)4)25-18-12-14-22(20-25)29-34(5,6)7/h8-20H,1-7H3. The number of hydrogen-bond acceptors (Lipinski definition) is 5. The van der Waals surface area contributed by atoms with Gasteiger partial charge in [-0.3, -0.25) is 0 Å². The first-order valence-electron chi connectivity index (χ1n) is 11.1. The van der Waals surface area contributed by atoms with E-state index in [0.717, 1.165) is 20.9 Å². The second-order valence-corrected chi connectivity index (χ2v) is 23.4. The van der Waals surface area contributed by atoms with Crippen molar-refractivity contribution >= 4 is 37.1 Å². The summed E-state index contributed by atoms with van der Waals surface area (Å²) in [5.74, 6) is 1.41. The van der Waals surface area contributed by atoms with E-state index in [9.17, 15) is 8.42 Å². The minimum absolute atomic E-state index is 0.705. The number of hydrogen-bond donors (Lipinski definition) is 0. The molecule has 0 aliphatic heterocycles. The van der Waals surface area contributed by atoms with E-state index >= 15 is 0 Å². The minimum atomic E-state index is -3.85. The zero-order valence-corrected chi connectivity index (χ0v) is 24.5. The van der Waals surface area contributed by atoms with Gasteiger partial charge >= 0.3 is 0 Å². The Labute approximate surface area is 208 Å². The molecule has 0 saturated heterocycles. The van der Waals surface area contributed by atoms with E-state index in [4.69, 9.17) is 12.5 Å². The largest absolute Gasteiger partial charge is 0.544 e. The first-order valence-corrected chi connectivity index (χ1v) is 21.2. The Balaban J connectivity index is 2.34. The molecule has 0 radical (unpaired) electrons. The van der Waals surface area contributed by atoms with Crippen molar-refractivity contribution in [1.29, 1.82) is 0 Å². The number of rotatable bonds is 9. The molecule has 0 unspecified atom stereocenters. The lowest BCUT2D eigenvalue weighted by Gasteiger charge is -2.39. The Morgan fingerprint density at radius 3 is 1.38 bits per heavy atom. The van der Waals surface area contributed by atoms with Crippen molar-refractivity contribution in [2.75, 3.05) is 6.26 Å². The summed E-state index contributed by atoms with van der Waals surface area (Å²) in [6.07, 6.45) is 1.10. The van der Waals surface area contributed by atoms with Gasteiger partial charge in [0.2, 0.25) is 16.6 Å². The third kappa shape index (κ3) is 6.99. The first kappa shape index (κ1) is 26.6. The van der Waals surface area contributed by atoms with Crippen LogP contribution >= 0.6 is 10.3 Å². The lowest BCUT2D eigenvalue weighted by molar-refractivity contribution is 0.513. The quantitative estimate of drug-likeness (QED) is 0.270. The Hall–Kier alpha value is -2.05. The number of benzene rings is 3. The van der Waals surface area contributed by atoms with Gasteiger partial charge in [-0.1, -0.05) is 30.3 Å². The lowest BCUT2D eigenvalue weighted by atomic mass is 10.3. The third-order valence-electron chi connectivity index (χ3n) is 4.42. The van der Waals surface area contributed by atoms with E-state index in [1.165, 1.54) is 0 Å². The van der Waals surface area contributed by atoms with Crippen LogP contribution in [0.5, 0.6) is 11.5 Å². The maximum atomic E-state index is 12.7. The van der Waals surface area contributed by atoms with Crippen LogP contribution in [0.4, 0.5) is 0 Å². The fourth-order valence-electron chi connectivity index (χ4n) is 3.46. The van der Waals surface area contributed by atoms with Crippen LogP contribution in [-0.4, -0.2) is 31.3 Å². The van der Waals surface area contributed by atoms with Crippen molar-refractivity contribution < 1.29 is 20.9 Å². The van der Waals surface area contributed by atoms with Crippen molar-refractivity contribution in [3.8, 4) is 11.5 Å². The van der Waals surface area contributed by atoms with Gasteiger partial charge in [-0.05, 0) is 98.1 Å². The average molecular weight is 535 g/mol. The summed E-state index contributed by atoms with van der Waals surface area (Å²) < 4.78 is 44.1. The summed E-state index contributed by atoms with van der Waals surface area (Å²) in [7, 11) is -10.3. The first-order chi connectivity index (χ1) is 15.7. The molecule has 0 aliphatic carbocycles. The Bertz CT molecular complexity index is 1170. The van der Waals surface area contributed by atoms with Gasteiger partial charge in [-0.25, -0.2) is 3.63 Å². The van der Waals surface area contributed by atoms with Gasteiger partial charge in [0.1, 0.15) is 11.5 Å². The van der Waals surface area contributed by atoms with E-state index in [0.29, 0.717) is 11.5 Å². The second-order valence-electron chi connectivity index (χ2n) is 10.0. The molecule has 34 heavy (non-hydrogen) atoms. The highest BCUT2D eigenvalue weighted by molar-refractivity contribution is 8.33. The Morgan fingerprint density at radius 2 is 1.00 bits per heavy atom. The molecular formula is C25H34O5S2Si2. The van der Waals surface area contributed by atoms with Crippen molar-refractivity contribution in [3.05, 3.63) is 78.9 Å². The zero-order chi connectivity index (χ0) is 25.2. The molecule has 0 amide bonds. The molecule has 0 heterocycles. The van der Waals surface area contributed by atoms with E-state index in [2.05, 4.69) is 39.3 Å². The van der Waals surface area contributed by atoms with Gasteiger partial charge in [-0.2, -0.15) is 8.42 Å². The predicted molar refractivity (Wildman–Crippen MR) is 146 cm³/mol. The average Bonchev–Trinajstić information content (AvgIpc) is 2.70. The summed E-state index contributed by atoms with van der Waals surface area (Å²) in [5, 5.41) is 0. The van der Waals surface area contributed by atoms with Gasteiger partial charge in [0.05, 0.1) is 6.26 Å². The molecule has 0 aromatic heterocycles. The summed E-state index contributed by atoms with van der Waals surface area (Å²) in [6.45, 7) is 12.7. The fraction of sp³-hybridized carbons (Fsp3) is 0.280. The highest BCUT2D eigenvalue weighted by atomic mass is 32.3. The molecule has 0 bridgehead atoms. The minimum Gasteiger partial charge on any atom is -0.544 e. The van der Waals surface area contributed by atoms with Crippen LogP contribution in [0.25, 0.3) is 0 Å².